The molecule has 0 aliphatic carbocycles. The van der Waals surface area contributed by atoms with Gasteiger partial charge in [-0.05, 0) is 0 Å². The van der Waals surface area contributed by atoms with E-state index < -0.39 is 0 Å². The van der Waals surface area contributed by atoms with Crippen LogP contribution in [0.1, 0.15) is 114 Å². The van der Waals surface area contributed by atoms with Gasteiger partial charge in [0.05, 0.1) is 18.9 Å². The fourth-order valence-electron chi connectivity index (χ4n) is 2.11. The molecule has 0 bridgehead atoms. The summed E-state index contributed by atoms with van der Waals surface area (Å²) < 4.78 is 0. The molecule has 0 amide bonds. The molecule has 0 aliphatic heterocycles. The molecule has 17 heteroatoms. The van der Waals surface area contributed by atoms with E-state index in [4.69, 9.17) is 10.2 Å². The number of hydrogen-bond acceptors (Lipinski definition) is 5. The van der Waals surface area contributed by atoms with Crippen LogP contribution in [0.2, 0.25) is 0 Å². The quantitative estimate of drug-likeness (QED) is 0.0905. The van der Waals surface area contributed by atoms with Gasteiger partial charge >= 0.3 is 64.9 Å². The summed E-state index contributed by atoms with van der Waals surface area (Å²) in [6.07, 6.45) is 2.22. The molecule has 6 N–H and O–H groups in total. The Balaban J connectivity index is -0.0000000239. The first-order valence-electron chi connectivity index (χ1n) is 12.8. The largest absolute Gasteiger partial charge is 0 e. The topological polar surface area (TPSA) is 155 Å². The van der Waals surface area contributed by atoms with Crippen LogP contribution in [0.3, 0.4) is 0 Å². The molecule has 0 aromatic heterocycles. The molecule has 56 heavy (non-hydrogen) atoms. The number of aryl methyl sites for hydroxylation is 2. The summed E-state index contributed by atoms with van der Waals surface area (Å²) in [5.41, 5.74) is 3.97. The second kappa shape index (κ2) is 79.0. The molecule has 0 heterocycles. The normalized spacial score (nSPS) is 6.48. The van der Waals surface area contributed by atoms with Crippen LogP contribution in [0.15, 0.2) is 72.8 Å². The van der Waals surface area contributed by atoms with Crippen LogP contribution in [-0.2, 0) is 154 Å². The first-order valence-corrected chi connectivity index (χ1v) is 26.9. The number of hydrogen-bond donors (Lipinski definition) is 2. The van der Waals surface area contributed by atoms with Crippen molar-refractivity contribution in [3.8, 4) is 11.5 Å². The van der Waals surface area contributed by atoms with E-state index in [2.05, 4.69) is 99.5 Å². The number of aromatic hydroxyl groups is 2. The Morgan fingerprint density at radius 2 is 0.750 bits per heavy atom. The zero-order chi connectivity index (χ0) is 33.6. The molecule has 0 saturated heterocycles. The number of rotatable bonds is 3. The first-order chi connectivity index (χ1) is 20.5. The molecule has 0 saturated carbocycles. The molecule has 4 aromatic rings. The summed E-state index contributed by atoms with van der Waals surface area (Å²) in [4.78, 5) is 29.9. The fourth-order valence-corrected chi connectivity index (χ4v) is 2.29. The molecular weight excluding hydrogens is 1450 g/mol. The summed E-state index contributed by atoms with van der Waals surface area (Å²) in [6, 6.07) is 31.1. The Kier molecular flexibility index (Phi) is 152. The van der Waals surface area contributed by atoms with Gasteiger partial charge in [-0.25, -0.2) is 0 Å². The maximum absolute atomic E-state index is 10.1. The second-order valence-electron chi connectivity index (χ2n) is 7.17. The second-order valence-corrected chi connectivity index (χ2v) is 43.2. The molecule has 1 atom stereocenters. The van der Waals surface area contributed by atoms with E-state index in [1.165, 1.54) is 47.3 Å². The third-order valence-corrected chi connectivity index (χ3v) is 4.39. The van der Waals surface area contributed by atoms with E-state index in [0.717, 1.165) is 11.8 Å². The van der Waals surface area contributed by atoms with Gasteiger partial charge in [-0.15, -0.1) is 29.6 Å². The number of benzene rings is 4. The van der Waals surface area contributed by atoms with Crippen molar-refractivity contribution in [3.63, 3.8) is 0 Å². The zero-order valence-corrected chi connectivity index (χ0v) is 50.5. The molecule has 0 aliphatic rings. The van der Waals surface area contributed by atoms with Crippen molar-refractivity contribution < 1.29 is 190 Å². The summed E-state index contributed by atoms with van der Waals surface area (Å²) in [5, 5.41) is 18.6. The monoisotopic (exact) mass is 1510 g/mol. The number of aldehydes is 3. The Hall–Kier alpha value is 3.61. The van der Waals surface area contributed by atoms with Crippen molar-refractivity contribution >= 4 is 93.3 Å². The molecule has 0 spiro atoms. The number of phenolic OH excluding ortho intramolecular Hbond substituents is 2. The number of halogens is 3. The third-order valence-electron chi connectivity index (χ3n) is 4.03. The van der Waals surface area contributed by atoms with Crippen LogP contribution >= 0.6 is 69.2 Å². The number of carbonyl (C=O) groups excluding carboxylic acids is 3. The Bertz CT molecular complexity index is 1110. The predicted octanol–water partition coefficient (Wildman–Crippen LogP) is 11.8. The van der Waals surface area contributed by atoms with Crippen LogP contribution in [0, 0.1) is 38.1 Å². The third kappa shape index (κ3) is 75.0. The van der Waals surface area contributed by atoms with Gasteiger partial charge in [0, 0.05) is 161 Å². The summed E-state index contributed by atoms with van der Waals surface area (Å²) in [5.74, 6) is 0.112. The Morgan fingerprint density at radius 1 is 0.518 bits per heavy atom. The van der Waals surface area contributed by atoms with Crippen molar-refractivity contribution in [2.45, 2.75) is 86.1 Å². The average Bonchev–Trinajstić information content (AvgIpc) is 3.02. The van der Waals surface area contributed by atoms with Crippen molar-refractivity contribution in [2.75, 3.05) is 0 Å². The number of carbonyl (C=O) groups is 3. The van der Waals surface area contributed by atoms with Gasteiger partial charge < -0.3 is 35.5 Å². The standard InChI is InChI=1S/C8H7O.2C7H5O2.C7H8P.2C2H6.6CH4.3HI.2H2O.2V.4Y/c1-7-2-4-8(6-9)5-3-7;2*8-5-6-1-3-7(9)4-2-6;1-6-2-4-7(8)5-3-6;2*1-2;;;;;;;;;;;;;;;;;/h2,4-6H,1H3;2*1-3,5,9H;2,4-5H,8H2,1H3;2*1-2H3;6*1H4;3*1H;2*1H2;;;;;;/q4*-1;;;;;;;;;;;;;;;+3;;;;/p-3. The van der Waals surface area contributed by atoms with E-state index in [1.807, 2.05) is 59.7 Å². The van der Waals surface area contributed by atoms with Gasteiger partial charge in [0.1, 0.15) is 0 Å². The minimum Gasteiger partial charge on any atom is 0 e. The number of phenols is 2. The van der Waals surface area contributed by atoms with E-state index in [0.29, 0.717) is 29.3 Å². The molecule has 4 aromatic carbocycles. The summed E-state index contributed by atoms with van der Waals surface area (Å²) in [6.45, 7) is 12.0. The van der Waals surface area contributed by atoms with Crippen molar-refractivity contribution in [1.82, 2.24) is 0 Å². The molecule has 1 unspecified atom stereocenters. The average molecular weight is 1520 g/mol. The van der Waals surface area contributed by atoms with Gasteiger partial charge in [-0.1, -0.05) is 103 Å². The Morgan fingerprint density at radius 3 is 0.911 bits per heavy atom. The van der Waals surface area contributed by atoms with Crippen LogP contribution in [0.25, 0.3) is 0 Å². The van der Waals surface area contributed by atoms with Crippen LogP contribution in [0.5, 0.6) is 11.5 Å². The molecule has 4 rings (SSSR count). The van der Waals surface area contributed by atoms with E-state index in [9.17, 15) is 14.4 Å². The molecule has 0 fully saturated rings. The van der Waals surface area contributed by atoms with Crippen molar-refractivity contribution in [2.24, 2.45) is 0 Å². The summed E-state index contributed by atoms with van der Waals surface area (Å²) >= 11 is 7.39. The molecule has 315 valence electrons. The maximum atomic E-state index is 10.1. The smallest absolute Gasteiger partial charge is 0 e. The van der Waals surface area contributed by atoms with Crippen molar-refractivity contribution in [3.05, 3.63) is 125 Å². The minimum absolute atomic E-state index is 0. The van der Waals surface area contributed by atoms with Gasteiger partial charge in [0.2, 0.25) is 0 Å². The van der Waals surface area contributed by atoms with E-state index in [1.54, 1.807) is 12.1 Å². The van der Waals surface area contributed by atoms with Gasteiger partial charge in [0.25, 0.3) is 0 Å². The predicted molar refractivity (Wildman–Crippen MR) is 252 cm³/mol. The Labute approximate surface area is 496 Å². The molecule has 7 nitrogen and oxygen atoms in total. The van der Waals surface area contributed by atoms with Gasteiger partial charge in [-0.2, -0.15) is 93.2 Å². The van der Waals surface area contributed by atoms with Gasteiger partial charge in [-0.3, -0.25) is 0 Å². The van der Waals surface area contributed by atoms with E-state index >= 15 is 0 Å². The van der Waals surface area contributed by atoms with Crippen LogP contribution in [0.4, 0.5) is 0 Å². The van der Waals surface area contributed by atoms with Crippen LogP contribution in [-0.4, -0.2) is 40.0 Å². The van der Waals surface area contributed by atoms with Crippen LogP contribution < -0.4 is 5.30 Å². The van der Waals surface area contributed by atoms with E-state index in [-0.39, 0.29) is 221 Å². The zero-order valence-electron chi connectivity index (χ0n) is 28.7. The minimum atomic E-state index is -0.278. The summed E-state index contributed by atoms with van der Waals surface area (Å²) in [7, 11) is 2.62. The maximum Gasteiger partial charge on any atom is 0 e. The first kappa shape index (κ1) is 108. The SMILES string of the molecule is C.C.C.C.C.C.CC.CC.Cc1[c-]cc(C=O)cc1.Cc1[c-]cc(P)cc1.O.O.O=Cc1c[c-]c(O)cc1.O=Cc1c[c-]c(O)cc1.[I][V]([I])[I].[V].[Y].[Y].[Y].[Y]. The molecular formula is C39H65I3O7PV2Y4-4. The van der Waals surface area contributed by atoms with Gasteiger partial charge in [0.15, 0.2) is 0 Å². The fraction of sp³-hybridized carbons (Fsp3) is 0.308. The van der Waals surface area contributed by atoms with Crippen molar-refractivity contribution in [1.29, 1.82) is 0 Å². The molecule has 5 radical (unpaired) electrons.